The van der Waals surface area contributed by atoms with Gasteiger partial charge in [-0.25, -0.2) is 4.39 Å². The minimum Gasteiger partial charge on any atom is -0.378 e. The Labute approximate surface area is 109 Å². The third-order valence-electron chi connectivity index (χ3n) is 3.02. The van der Waals surface area contributed by atoms with Crippen molar-refractivity contribution in [1.82, 2.24) is 4.98 Å². The first-order valence-electron chi connectivity index (χ1n) is 6.02. The van der Waals surface area contributed by atoms with Crippen LogP contribution in [0.5, 0.6) is 0 Å². The van der Waals surface area contributed by atoms with Crippen LogP contribution in [0.1, 0.15) is 20.3 Å². The van der Waals surface area contributed by atoms with Gasteiger partial charge >= 0.3 is 0 Å². The Balaban J connectivity index is 2.68. The normalized spacial score (nSPS) is 12.4. The van der Waals surface area contributed by atoms with E-state index in [0.717, 1.165) is 12.5 Å². The van der Waals surface area contributed by atoms with Gasteiger partial charge in [0.05, 0.1) is 22.1 Å². The maximum Gasteiger partial charge on any atom is 0.281 e. The van der Waals surface area contributed by atoms with Crippen molar-refractivity contribution < 1.29 is 9.31 Å². The van der Waals surface area contributed by atoms with Crippen molar-refractivity contribution in [3.63, 3.8) is 0 Å². The maximum absolute atomic E-state index is 14.0. The molecule has 6 heteroatoms. The molecule has 0 spiro atoms. The molecule has 5 nitrogen and oxygen atoms in total. The van der Waals surface area contributed by atoms with E-state index in [-0.39, 0.29) is 22.9 Å². The molecule has 19 heavy (non-hydrogen) atoms. The summed E-state index contributed by atoms with van der Waals surface area (Å²) in [5.41, 5.74) is 0.236. The van der Waals surface area contributed by atoms with Gasteiger partial charge in [0.15, 0.2) is 5.82 Å². The van der Waals surface area contributed by atoms with Crippen molar-refractivity contribution in [1.29, 1.82) is 0 Å². The number of rotatable bonds is 4. The summed E-state index contributed by atoms with van der Waals surface area (Å²) in [5, 5.41) is 14.3. The van der Waals surface area contributed by atoms with Crippen molar-refractivity contribution in [2.24, 2.45) is 0 Å². The molecule has 0 fully saturated rings. The highest BCUT2D eigenvalue weighted by Gasteiger charge is 2.20. The van der Waals surface area contributed by atoms with Gasteiger partial charge < -0.3 is 5.32 Å². The van der Waals surface area contributed by atoms with Gasteiger partial charge in [0, 0.05) is 12.2 Å². The number of benzene rings is 1. The molecule has 1 heterocycles. The first-order valence-corrected chi connectivity index (χ1v) is 6.02. The third kappa shape index (κ3) is 2.47. The van der Waals surface area contributed by atoms with Crippen LogP contribution in [-0.4, -0.2) is 15.9 Å². The summed E-state index contributed by atoms with van der Waals surface area (Å²) >= 11 is 0. The number of nitrogens with zero attached hydrogens (tertiary/aromatic N) is 2. The van der Waals surface area contributed by atoms with Crippen LogP contribution in [-0.2, 0) is 0 Å². The zero-order valence-corrected chi connectivity index (χ0v) is 10.7. The number of nitrogens with one attached hydrogen (secondary N) is 1. The number of halogens is 1. The number of non-ortho nitro benzene ring substituents is 1. The monoisotopic (exact) mass is 263 g/mol. The van der Waals surface area contributed by atoms with Gasteiger partial charge in [-0.15, -0.1) is 0 Å². The molecule has 1 N–H and O–H groups in total. The molecule has 0 aliphatic heterocycles. The van der Waals surface area contributed by atoms with E-state index in [1.54, 1.807) is 12.1 Å². The molecule has 0 amide bonds. The lowest BCUT2D eigenvalue weighted by atomic mass is 10.1. The second kappa shape index (κ2) is 5.17. The Morgan fingerprint density at radius 2 is 2.32 bits per heavy atom. The molecule has 0 aliphatic carbocycles. The number of anilines is 1. The number of aromatic nitrogens is 1. The number of hydrogen-bond acceptors (Lipinski definition) is 4. The molecule has 1 atom stereocenters. The summed E-state index contributed by atoms with van der Waals surface area (Å²) in [6.07, 6.45) is 2.30. The first-order chi connectivity index (χ1) is 9.04. The highest BCUT2D eigenvalue weighted by molar-refractivity contribution is 5.97. The molecular weight excluding hydrogens is 249 g/mol. The topological polar surface area (TPSA) is 68.1 Å². The van der Waals surface area contributed by atoms with Crippen molar-refractivity contribution in [2.45, 2.75) is 26.3 Å². The quantitative estimate of drug-likeness (QED) is 0.677. The van der Waals surface area contributed by atoms with E-state index in [9.17, 15) is 14.5 Å². The van der Waals surface area contributed by atoms with E-state index < -0.39 is 10.7 Å². The molecule has 0 radical (unpaired) electrons. The molecule has 0 bridgehead atoms. The largest absolute Gasteiger partial charge is 0.378 e. The highest BCUT2D eigenvalue weighted by atomic mass is 19.1. The molecule has 2 aromatic rings. The Kier molecular flexibility index (Phi) is 3.59. The third-order valence-corrected chi connectivity index (χ3v) is 3.02. The summed E-state index contributed by atoms with van der Waals surface area (Å²) < 4.78 is 14.0. The highest BCUT2D eigenvalue weighted by Crippen LogP contribution is 2.33. The smallest absolute Gasteiger partial charge is 0.281 e. The Hall–Kier alpha value is -2.24. The average molecular weight is 263 g/mol. The minimum atomic E-state index is -0.654. The van der Waals surface area contributed by atoms with Crippen LogP contribution in [0, 0.1) is 15.9 Å². The van der Waals surface area contributed by atoms with Gasteiger partial charge in [0.2, 0.25) is 0 Å². The van der Waals surface area contributed by atoms with Crippen molar-refractivity contribution >= 4 is 22.3 Å². The number of fused-ring (bicyclic) bond motifs is 1. The van der Waals surface area contributed by atoms with Crippen LogP contribution >= 0.6 is 0 Å². The molecular formula is C13H14FN3O2. The average Bonchev–Trinajstić information content (AvgIpc) is 2.41. The maximum atomic E-state index is 14.0. The fourth-order valence-electron chi connectivity index (χ4n) is 1.83. The fourth-order valence-corrected chi connectivity index (χ4v) is 1.83. The van der Waals surface area contributed by atoms with E-state index in [2.05, 4.69) is 10.3 Å². The second-order valence-electron chi connectivity index (χ2n) is 4.36. The molecule has 0 aliphatic rings. The standard InChI is InChI=1S/C13H14FN3O2/c1-3-8(2)16-13-10(14)7-11(17(18)19)9-5-4-6-15-12(9)13/h4-8,16H,3H2,1-2H3. The number of hydrogen-bond donors (Lipinski definition) is 1. The van der Waals surface area contributed by atoms with E-state index >= 15 is 0 Å². The molecule has 100 valence electrons. The van der Waals surface area contributed by atoms with Crippen LogP contribution in [0.25, 0.3) is 10.9 Å². The zero-order chi connectivity index (χ0) is 14.0. The molecule has 1 aromatic heterocycles. The number of pyridine rings is 1. The van der Waals surface area contributed by atoms with Gasteiger partial charge in [0.25, 0.3) is 5.69 Å². The van der Waals surface area contributed by atoms with Gasteiger partial charge in [-0.2, -0.15) is 0 Å². The molecule has 0 saturated heterocycles. The van der Waals surface area contributed by atoms with Crippen LogP contribution in [0.15, 0.2) is 24.4 Å². The first kappa shape index (κ1) is 13.2. The summed E-state index contributed by atoms with van der Waals surface area (Å²) in [7, 11) is 0. The summed E-state index contributed by atoms with van der Waals surface area (Å²) in [6.45, 7) is 3.88. The van der Waals surface area contributed by atoms with E-state index in [1.165, 1.54) is 6.20 Å². The lowest BCUT2D eigenvalue weighted by Crippen LogP contribution is -2.15. The van der Waals surface area contributed by atoms with Gasteiger partial charge in [-0.05, 0) is 25.5 Å². The SMILES string of the molecule is CCC(C)Nc1c(F)cc([N+](=O)[O-])c2cccnc12. The van der Waals surface area contributed by atoms with Crippen LogP contribution in [0.4, 0.5) is 15.8 Å². The predicted octanol–water partition coefficient (Wildman–Crippen LogP) is 3.49. The predicted molar refractivity (Wildman–Crippen MR) is 71.7 cm³/mol. The minimum absolute atomic E-state index is 0.0566. The van der Waals surface area contributed by atoms with Crippen molar-refractivity contribution in [3.05, 3.63) is 40.3 Å². The van der Waals surface area contributed by atoms with Crippen molar-refractivity contribution in [3.8, 4) is 0 Å². The van der Waals surface area contributed by atoms with E-state index in [1.807, 2.05) is 13.8 Å². The Bertz CT molecular complexity index is 631. The zero-order valence-electron chi connectivity index (χ0n) is 10.7. The number of nitro groups is 1. The molecule has 1 unspecified atom stereocenters. The van der Waals surface area contributed by atoms with Crippen LogP contribution in [0.3, 0.4) is 0 Å². The van der Waals surface area contributed by atoms with Gasteiger partial charge in [-0.3, -0.25) is 15.1 Å². The Morgan fingerprint density at radius 1 is 1.58 bits per heavy atom. The molecule has 2 rings (SSSR count). The lowest BCUT2D eigenvalue weighted by molar-refractivity contribution is -0.383. The summed E-state index contributed by atoms with van der Waals surface area (Å²) in [4.78, 5) is 14.4. The second-order valence-corrected chi connectivity index (χ2v) is 4.36. The lowest BCUT2D eigenvalue weighted by Gasteiger charge is -2.15. The van der Waals surface area contributed by atoms with Crippen molar-refractivity contribution in [2.75, 3.05) is 5.32 Å². The van der Waals surface area contributed by atoms with Crippen LogP contribution in [0.2, 0.25) is 0 Å². The van der Waals surface area contributed by atoms with Gasteiger partial charge in [0.1, 0.15) is 5.52 Å². The molecule has 0 saturated carbocycles. The summed E-state index contributed by atoms with van der Waals surface area (Å²) in [6, 6.07) is 4.16. The van der Waals surface area contributed by atoms with Crippen LogP contribution < -0.4 is 5.32 Å². The van der Waals surface area contributed by atoms with E-state index in [4.69, 9.17) is 0 Å². The van der Waals surface area contributed by atoms with Gasteiger partial charge in [-0.1, -0.05) is 6.92 Å². The number of nitro benzene ring substituents is 1. The molecule has 1 aromatic carbocycles. The Morgan fingerprint density at radius 3 is 2.95 bits per heavy atom. The fraction of sp³-hybridized carbons (Fsp3) is 0.308. The summed E-state index contributed by atoms with van der Waals surface area (Å²) in [5.74, 6) is -0.654. The van der Waals surface area contributed by atoms with E-state index in [0.29, 0.717) is 5.39 Å².